The summed E-state index contributed by atoms with van der Waals surface area (Å²) in [5.41, 5.74) is 0. The molecule has 0 aliphatic carbocycles. The third-order valence-electron chi connectivity index (χ3n) is 0.914. The van der Waals surface area contributed by atoms with Crippen LogP contribution >= 0.6 is 0 Å². The Balaban J connectivity index is 2.98. The molecule has 0 amide bonds. The Labute approximate surface area is 64.1 Å². The van der Waals surface area contributed by atoms with Gasteiger partial charge >= 0.3 is 0 Å². The summed E-state index contributed by atoms with van der Waals surface area (Å²) in [5.74, 6) is 0.312. The Morgan fingerprint density at radius 2 is 2.20 bits per heavy atom. The van der Waals surface area contributed by atoms with Crippen LogP contribution in [-0.2, 0) is 15.8 Å². The van der Waals surface area contributed by atoms with Gasteiger partial charge in [0, 0.05) is 6.61 Å². The molecule has 10 heavy (non-hydrogen) atoms. The van der Waals surface area contributed by atoms with E-state index in [9.17, 15) is 4.21 Å². The zero-order valence-corrected chi connectivity index (χ0v) is 7.19. The molecule has 0 spiro atoms. The summed E-state index contributed by atoms with van der Waals surface area (Å²) in [6.45, 7) is 4.45. The summed E-state index contributed by atoms with van der Waals surface area (Å²) in [4.78, 5) is 0. The molecule has 1 N–H and O–H groups in total. The predicted octanol–water partition coefficient (Wildman–Crippen LogP) is 1.02. The quantitative estimate of drug-likeness (QED) is 0.490. The Morgan fingerprint density at radius 1 is 1.60 bits per heavy atom. The van der Waals surface area contributed by atoms with E-state index in [0.717, 1.165) is 0 Å². The second-order valence-corrected chi connectivity index (χ2v) is 3.35. The molecule has 0 radical (unpaired) electrons. The minimum Gasteiger partial charge on any atom is -0.379 e. The molecule has 0 aromatic heterocycles. The van der Waals surface area contributed by atoms with E-state index in [-0.39, 0.29) is 6.10 Å². The molecule has 0 aromatic carbocycles. The number of hydrogen-bond donors (Lipinski definition) is 1. The van der Waals surface area contributed by atoms with Crippen molar-refractivity contribution in [2.24, 2.45) is 0 Å². The molecular formula is C6H14O3S. The second kappa shape index (κ2) is 5.82. The first kappa shape index (κ1) is 10.1. The van der Waals surface area contributed by atoms with Crippen molar-refractivity contribution in [2.75, 3.05) is 12.4 Å². The fourth-order valence-corrected chi connectivity index (χ4v) is 0.866. The van der Waals surface area contributed by atoms with Gasteiger partial charge in [-0.15, -0.1) is 0 Å². The first-order valence-electron chi connectivity index (χ1n) is 3.32. The van der Waals surface area contributed by atoms with Crippen LogP contribution in [0.4, 0.5) is 0 Å². The number of hydrogen-bond acceptors (Lipinski definition) is 2. The van der Waals surface area contributed by atoms with Crippen molar-refractivity contribution in [3.05, 3.63) is 0 Å². The van der Waals surface area contributed by atoms with E-state index in [0.29, 0.717) is 18.8 Å². The molecule has 4 heteroatoms. The predicted molar refractivity (Wildman–Crippen MR) is 41.3 cm³/mol. The van der Waals surface area contributed by atoms with Crippen molar-refractivity contribution in [3.63, 3.8) is 0 Å². The Kier molecular flexibility index (Phi) is 5.87. The van der Waals surface area contributed by atoms with Gasteiger partial charge in [-0.2, -0.15) is 0 Å². The van der Waals surface area contributed by atoms with Crippen LogP contribution in [-0.4, -0.2) is 27.2 Å². The van der Waals surface area contributed by atoms with E-state index in [4.69, 9.17) is 9.29 Å². The summed E-state index contributed by atoms with van der Waals surface area (Å²) in [6.07, 6.45) is 0.869. The molecule has 1 unspecified atom stereocenters. The molecule has 1 atom stereocenters. The smallest absolute Gasteiger partial charge is 0.152 e. The van der Waals surface area contributed by atoms with Crippen molar-refractivity contribution in [1.29, 1.82) is 0 Å². The Morgan fingerprint density at radius 3 is 2.60 bits per heavy atom. The summed E-state index contributed by atoms with van der Waals surface area (Å²) < 4.78 is 23.6. The van der Waals surface area contributed by atoms with Gasteiger partial charge < -0.3 is 9.29 Å². The normalized spacial score (nSPS) is 14.0. The van der Waals surface area contributed by atoms with Crippen molar-refractivity contribution in [1.82, 2.24) is 0 Å². The van der Waals surface area contributed by atoms with Gasteiger partial charge in [0.05, 0.1) is 11.9 Å². The van der Waals surface area contributed by atoms with Crippen LogP contribution in [0, 0.1) is 0 Å². The van der Waals surface area contributed by atoms with E-state index in [1.807, 2.05) is 13.8 Å². The maximum absolute atomic E-state index is 10.1. The highest BCUT2D eigenvalue weighted by molar-refractivity contribution is 7.79. The minimum atomic E-state index is -1.66. The van der Waals surface area contributed by atoms with Gasteiger partial charge in [0.15, 0.2) is 11.1 Å². The number of ether oxygens (including phenoxy) is 1. The van der Waals surface area contributed by atoms with Crippen LogP contribution in [0.3, 0.4) is 0 Å². The van der Waals surface area contributed by atoms with Crippen LogP contribution in [0.25, 0.3) is 0 Å². The molecular weight excluding hydrogens is 152 g/mol. The SMILES string of the molecule is CC(C)OCCCS(=O)O. The lowest BCUT2D eigenvalue weighted by Gasteiger charge is -2.04. The summed E-state index contributed by atoms with van der Waals surface area (Å²) in [5, 5.41) is 0. The lowest BCUT2D eigenvalue weighted by molar-refractivity contribution is 0.0797. The maximum Gasteiger partial charge on any atom is 0.152 e. The standard InChI is InChI=1S/C6H14O3S/c1-6(2)9-4-3-5-10(7)8/h6H,3-5H2,1-2H3,(H,7,8). The first-order chi connectivity index (χ1) is 4.63. The average molecular weight is 166 g/mol. The van der Waals surface area contributed by atoms with E-state index in [1.54, 1.807) is 0 Å². The first-order valence-corrected chi connectivity index (χ1v) is 4.59. The van der Waals surface area contributed by atoms with E-state index in [2.05, 4.69) is 0 Å². The zero-order chi connectivity index (χ0) is 7.98. The van der Waals surface area contributed by atoms with Crippen molar-refractivity contribution >= 4 is 11.1 Å². The van der Waals surface area contributed by atoms with E-state index >= 15 is 0 Å². The van der Waals surface area contributed by atoms with Crippen molar-refractivity contribution in [3.8, 4) is 0 Å². The molecule has 0 saturated carbocycles. The van der Waals surface area contributed by atoms with Gasteiger partial charge in [0.1, 0.15) is 0 Å². The topological polar surface area (TPSA) is 46.5 Å². The average Bonchev–Trinajstić information content (AvgIpc) is 1.79. The molecule has 0 fully saturated rings. The van der Waals surface area contributed by atoms with Gasteiger partial charge in [-0.25, -0.2) is 4.21 Å². The third kappa shape index (κ3) is 8.07. The monoisotopic (exact) mass is 166 g/mol. The van der Waals surface area contributed by atoms with Crippen molar-refractivity contribution < 1.29 is 13.5 Å². The van der Waals surface area contributed by atoms with Crippen LogP contribution in [0.15, 0.2) is 0 Å². The zero-order valence-electron chi connectivity index (χ0n) is 6.37. The lowest BCUT2D eigenvalue weighted by atomic mass is 10.4. The number of rotatable bonds is 5. The summed E-state index contributed by atoms with van der Waals surface area (Å²) in [7, 11) is 0. The van der Waals surface area contributed by atoms with E-state index < -0.39 is 11.1 Å². The minimum absolute atomic E-state index is 0.215. The van der Waals surface area contributed by atoms with Crippen molar-refractivity contribution in [2.45, 2.75) is 26.4 Å². The van der Waals surface area contributed by atoms with Gasteiger partial charge in [-0.3, -0.25) is 0 Å². The Bertz CT molecular complexity index is 103. The summed E-state index contributed by atoms with van der Waals surface area (Å²) >= 11 is -1.66. The molecule has 0 aliphatic heterocycles. The fraction of sp³-hybridized carbons (Fsp3) is 1.00. The largest absolute Gasteiger partial charge is 0.379 e. The molecule has 62 valence electrons. The fourth-order valence-electron chi connectivity index (χ4n) is 0.501. The van der Waals surface area contributed by atoms with Crippen LogP contribution < -0.4 is 0 Å². The van der Waals surface area contributed by atoms with Crippen LogP contribution in [0.1, 0.15) is 20.3 Å². The Hall–Kier alpha value is 0.0700. The van der Waals surface area contributed by atoms with Crippen LogP contribution in [0.5, 0.6) is 0 Å². The van der Waals surface area contributed by atoms with Gasteiger partial charge in [0.25, 0.3) is 0 Å². The third-order valence-corrected chi connectivity index (χ3v) is 1.55. The van der Waals surface area contributed by atoms with E-state index in [1.165, 1.54) is 0 Å². The molecule has 0 bridgehead atoms. The highest BCUT2D eigenvalue weighted by atomic mass is 32.2. The van der Waals surface area contributed by atoms with Gasteiger partial charge in [-0.1, -0.05) is 0 Å². The van der Waals surface area contributed by atoms with Crippen LogP contribution in [0.2, 0.25) is 0 Å². The maximum atomic E-state index is 10.1. The summed E-state index contributed by atoms with van der Waals surface area (Å²) in [6, 6.07) is 0. The van der Waals surface area contributed by atoms with Gasteiger partial charge in [0.2, 0.25) is 0 Å². The molecule has 3 nitrogen and oxygen atoms in total. The second-order valence-electron chi connectivity index (χ2n) is 2.30. The lowest BCUT2D eigenvalue weighted by Crippen LogP contribution is -2.06. The highest BCUT2D eigenvalue weighted by Crippen LogP contribution is 1.90. The molecule has 0 aromatic rings. The highest BCUT2D eigenvalue weighted by Gasteiger charge is 1.95. The van der Waals surface area contributed by atoms with Gasteiger partial charge in [-0.05, 0) is 20.3 Å². The molecule has 0 aliphatic rings. The molecule has 0 saturated heterocycles. The molecule has 0 heterocycles. The molecule has 0 rings (SSSR count).